The van der Waals surface area contributed by atoms with Gasteiger partial charge in [0.2, 0.25) is 0 Å². The fourth-order valence-electron chi connectivity index (χ4n) is 0.951. The molecule has 0 N–H and O–H groups in total. The summed E-state index contributed by atoms with van der Waals surface area (Å²) in [6.45, 7) is 6.54. The molecule has 0 aliphatic carbocycles. The minimum atomic E-state index is -1.75. The molecule has 1 aromatic carbocycles. The van der Waals surface area contributed by atoms with Crippen LogP contribution in [0.15, 0.2) is 24.3 Å². The molecule has 0 fully saturated rings. The Bertz CT molecular complexity index is 241. The summed E-state index contributed by atoms with van der Waals surface area (Å²) in [5.41, 5.74) is 2.76. The van der Waals surface area contributed by atoms with E-state index < -0.39 is 13.0 Å². The number of aryl methyl sites for hydroxylation is 1. The van der Waals surface area contributed by atoms with Gasteiger partial charge in [-0.05, 0) is 18.4 Å². The molecule has 14 heavy (non-hydrogen) atoms. The zero-order valence-corrected chi connectivity index (χ0v) is 12.4. The maximum atomic E-state index is 4.95. The first-order chi connectivity index (χ1) is 6.43. The van der Waals surface area contributed by atoms with Gasteiger partial charge in [0.15, 0.2) is 0 Å². The molecular weight excluding hydrogens is 328 g/mol. The van der Waals surface area contributed by atoms with Crippen molar-refractivity contribution in [2.24, 2.45) is 0 Å². The van der Waals surface area contributed by atoms with Gasteiger partial charge in [-0.15, -0.1) is 0 Å². The molecule has 0 aliphatic heterocycles. The van der Waals surface area contributed by atoms with Crippen molar-refractivity contribution < 1.29 is 13.0 Å². The van der Waals surface area contributed by atoms with Gasteiger partial charge in [-0.25, -0.2) is 0 Å². The first kappa shape index (κ1) is 14.7. The molecule has 0 saturated carbocycles. The van der Waals surface area contributed by atoms with Gasteiger partial charge < -0.3 is 0 Å². The summed E-state index contributed by atoms with van der Waals surface area (Å²) in [4.78, 5) is 0. The molecule has 0 unspecified atom stereocenters. The third-order valence-corrected chi connectivity index (χ3v) is 1.74. The summed E-state index contributed by atoms with van der Waals surface area (Å²) < 4.78 is 0. The van der Waals surface area contributed by atoms with Crippen molar-refractivity contribution in [1.29, 1.82) is 0 Å². The van der Waals surface area contributed by atoms with Crippen LogP contribution < -0.4 is 0 Å². The van der Waals surface area contributed by atoms with Crippen LogP contribution in [0.3, 0.4) is 0 Å². The molecule has 1 rings (SSSR count). The molecule has 0 amide bonds. The Labute approximate surface area is 104 Å². The van der Waals surface area contributed by atoms with Gasteiger partial charge in [0.05, 0.1) is 0 Å². The second-order valence-electron chi connectivity index (χ2n) is 3.22. The fourth-order valence-corrected chi connectivity index (χ4v) is 0.951. The zero-order chi connectivity index (χ0) is 11.1. The van der Waals surface area contributed by atoms with Crippen LogP contribution in [0.4, 0.5) is 0 Å². The standard InChI is InChI=1S/C10H14.3ClH.Ru/c1-8(2)10-6-4-9(3)5-7-10;;;;/h4-8H,1-3H3;3*1H;/q;;;;+3/p-3. The van der Waals surface area contributed by atoms with Crippen molar-refractivity contribution in [2.75, 3.05) is 0 Å². The van der Waals surface area contributed by atoms with E-state index in [2.05, 4.69) is 45.0 Å². The van der Waals surface area contributed by atoms with Gasteiger partial charge >= 0.3 is 42.1 Å². The molecule has 0 atom stereocenters. The van der Waals surface area contributed by atoms with Gasteiger partial charge in [-0.3, -0.25) is 0 Å². The van der Waals surface area contributed by atoms with Crippen molar-refractivity contribution in [3.63, 3.8) is 0 Å². The summed E-state index contributed by atoms with van der Waals surface area (Å²) in [6.07, 6.45) is 0. The van der Waals surface area contributed by atoms with Crippen LogP contribution in [-0.4, -0.2) is 0 Å². The van der Waals surface area contributed by atoms with Gasteiger partial charge in [-0.1, -0.05) is 43.7 Å². The number of hydrogen-bond acceptors (Lipinski definition) is 0. The van der Waals surface area contributed by atoms with Gasteiger partial charge in [0, 0.05) is 0 Å². The quantitative estimate of drug-likeness (QED) is 0.617. The van der Waals surface area contributed by atoms with Crippen LogP contribution in [0.1, 0.15) is 30.9 Å². The molecule has 0 spiro atoms. The maximum absolute atomic E-state index is 4.95. The Hall–Kier alpha value is 0.713. The molecule has 0 bridgehead atoms. The van der Waals surface area contributed by atoms with Crippen molar-refractivity contribution in [2.45, 2.75) is 26.7 Å². The molecule has 0 saturated heterocycles. The van der Waals surface area contributed by atoms with E-state index in [1.165, 1.54) is 11.1 Å². The summed E-state index contributed by atoms with van der Waals surface area (Å²) >= 11 is -1.75. The number of halogens is 3. The minimum absolute atomic E-state index is 0.653. The van der Waals surface area contributed by atoms with Crippen LogP contribution in [0.5, 0.6) is 0 Å². The predicted molar refractivity (Wildman–Crippen MR) is 62.8 cm³/mol. The van der Waals surface area contributed by atoms with Gasteiger partial charge in [0.25, 0.3) is 0 Å². The predicted octanol–water partition coefficient (Wildman–Crippen LogP) is 5.18. The Balaban J connectivity index is 0.000000364. The molecule has 0 heterocycles. The summed E-state index contributed by atoms with van der Waals surface area (Å²) in [5.74, 6) is 0.653. The van der Waals surface area contributed by atoms with E-state index >= 15 is 0 Å². The molecular formula is C10H14Cl3Ru. The van der Waals surface area contributed by atoms with Crippen molar-refractivity contribution in [3.8, 4) is 0 Å². The van der Waals surface area contributed by atoms with E-state index in [0.29, 0.717) is 5.92 Å². The Morgan fingerprint density at radius 3 is 1.64 bits per heavy atom. The van der Waals surface area contributed by atoms with Crippen LogP contribution in [0.25, 0.3) is 0 Å². The number of benzene rings is 1. The second-order valence-corrected chi connectivity index (χ2v) is 11.1. The van der Waals surface area contributed by atoms with E-state index in [0.717, 1.165) is 0 Å². The monoisotopic (exact) mass is 341 g/mol. The van der Waals surface area contributed by atoms with E-state index in [-0.39, 0.29) is 0 Å². The summed E-state index contributed by atoms with van der Waals surface area (Å²) in [6, 6.07) is 8.71. The molecule has 0 aliphatic rings. The van der Waals surface area contributed by atoms with Gasteiger partial charge in [0.1, 0.15) is 0 Å². The first-order valence-corrected chi connectivity index (χ1v) is 10.9. The van der Waals surface area contributed by atoms with Crippen LogP contribution >= 0.6 is 29.1 Å². The Kier molecular flexibility index (Phi) is 8.34. The molecule has 0 radical (unpaired) electrons. The van der Waals surface area contributed by atoms with E-state index in [1.807, 2.05) is 0 Å². The van der Waals surface area contributed by atoms with Crippen molar-refractivity contribution in [3.05, 3.63) is 35.4 Å². The summed E-state index contributed by atoms with van der Waals surface area (Å²) in [5, 5.41) is 0. The van der Waals surface area contributed by atoms with Crippen LogP contribution in [0, 0.1) is 6.92 Å². The third kappa shape index (κ3) is 8.06. The van der Waals surface area contributed by atoms with E-state index in [9.17, 15) is 0 Å². The zero-order valence-electron chi connectivity index (χ0n) is 8.37. The third-order valence-electron chi connectivity index (χ3n) is 1.74. The average Bonchev–Trinajstić information content (AvgIpc) is 2.03. The molecule has 0 aromatic heterocycles. The topological polar surface area (TPSA) is 0 Å². The number of rotatable bonds is 1. The summed E-state index contributed by atoms with van der Waals surface area (Å²) in [7, 11) is 14.8. The average molecular weight is 342 g/mol. The molecule has 1 aromatic rings. The second kappa shape index (κ2) is 7.93. The van der Waals surface area contributed by atoms with E-state index in [1.54, 1.807) is 0 Å². The van der Waals surface area contributed by atoms with Crippen LogP contribution in [-0.2, 0) is 13.0 Å². The van der Waals surface area contributed by atoms with Crippen LogP contribution in [0.2, 0.25) is 0 Å². The molecule has 0 nitrogen and oxygen atoms in total. The molecule has 4 heteroatoms. The van der Waals surface area contributed by atoms with Crippen molar-refractivity contribution in [1.82, 2.24) is 0 Å². The van der Waals surface area contributed by atoms with Gasteiger partial charge in [-0.2, -0.15) is 0 Å². The molecule has 83 valence electrons. The Morgan fingerprint density at radius 2 is 1.36 bits per heavy atom. The fraction of sp³-hybridized carbons (Fsp3) is 0.400. The van der Waals surface area contributed by atoms with Crippen molar-refractivity contribution >= 4 is 29.1 Å². The normalized spacial score (nSPS) is 10.6. The number of hydrogen-bond donors (Lipinski definition) is 0. The SMILES string of the molecule is Cc1ccc(C(C)C)cc1.[Cl][Ru]([Cl])[Cl]. The van der Waals surface area contributed by atoms with E-state index in [4.69, 9.17) is 29.1 Å². The Morgan fingerprint density at radius 1 is 1.00 bits per heavy atom. The first-order valence-electron chi connectivity index (χ1n) is 4.17.